The smallest absolute Gasteiger partial charge is 0.145 e. The van der Waals surface area contributed by atoms with Gasteiger partial charge in [0.25, 0.3) is 0 Å². The van der Waals surface area contributed by atoms with Crippen LogP contribution in [0.1, 0.15) is 12.5 Å². The van der Waals surface area contributed by atoms with Crippen molar-refractivity contribution in [3.63, 3.8) is 0 Å². The van der Waals surface area contributed by atoms with E-state index in [2.05, 4.69) is 118 Å². The number of aliphatic imine (C=N–C) groups is 1. The van der Waals surface area contributed by atoms with Crippen LogP contribution in [0.4, 0.5) is 5.69 Å². The number of benzene rings is 4. The first-order valence-corrected chi connectivity index (χ1v) is 14.9. The quantitative estimate of drug-likeness (QED) is 0.195. The Labute approximate surface area is 258 Å². The Morgan fingerprint density at radius 3 is 2.29 bits per heavy atom. The number of pyridine rings is 3. The fourth-order valence-corrected chi connectivity index (χ4v) is 7.16. The molecule has 4 aromatic carbocycles. The Hall–Kier alpha value is -6.14. The van der Waals surface area contributed by atoms with E-state index < -0.39 is 0 Å². The van der Waals surface area contributed by atoms with Crippen LogP contribution in [0, 0.1) is 0 Å². The van der Waals surface area contributed by atoms with Gasteiger partial charge in [-0.25, -0.2) is 4.98 Å². The number of aromatic nitrogens is 5. The third-order valence-corrected chi connectivity index (χ3v) is 8.89. The maximum Gasteiger partial charge on any atom is 0.145 e. The number of para-hydroxylation sites is 1. The number of fused-ring (bicyclic) bond motifs is 11. The number of allylic oxidation sites excluding steroid dienone is 1. The Morgan fingerprint density at radius 1 is 0.711 bits per heavy atom. The molecule has 45 heavy (non-hydrogen) atoms. The highest BCUT2D eigenvalue weighted by atomic mass is 15.1. The largest absolute Gasteiger partial charge is 0.307 e. The molecule has 5 heterocycles. The van der Waals surface area contributed by atoms with Crippen molar-refractivity contribution in [1.29, 1.82) is 0 Å². The van der Waals surface area contributed by atoms with Crippen molar-refractivity contribution < 1.29 is 0 Å². The highest BCUT2D eigenvalue weighted by Gasteiger charge is 2.26. The minimum absolute atomic E-state index is 0.752. The van der Waals surface area contributed by atoms with Gasteiger partial charge in [0.1, 0.15) is 5.65 Å². The lowest BCUT2D eigenvalue weighted by Crippen LogP contribution is -2.02. The maximum absolute atomic E-state index is 5.03. The highest BCUT2D eigenvalue weighted by Crippen LogP contribution is 2.47. The third-order valence-electron chi connectivity index (χ3n) is 8.89. The molecule has 0 aliphatic carbocycles. The molecule has 0 radical (unpaired) electrons. The zero-order valence-electron chi connectivity index (χ0n) is 24.5. The van der Waals surface area contributed by atoms with Crippen molar-refractivity contribution in [1.82, 2.24) is 24.1 Å². The van der Waals surface area contributed by atoms with Crippen LogP contribution in [-0.2, 0) is 0 Å². The molecule has 0 saturated carbocycles. The van der Waals surface area contributed by atoms with Gasteiger partial charge in [-0.15, -0.1) is 0 Å². The van der Waals surface area contributed by atoms with Crippen LogP contribution < -0.4 is 0 Å². The average Bonchev–Trinajstić information content (AvgIpc) is 3.63. The summed E-state index contributed by atoms with van der Waals surface area (Å²) in [5.41, 5.74) is 8.73. The van der Waals surface area contributed by atoms with Gasteiger partial charge >= 0.3 is 0 Å². The van der Waals surface area contributed by atoms with Crippen LogP contribution in [0.3, 0.4) is 0 Å². The van der Waals surface area contributed by atoms with Gasteiger partial charge in [0.15, 0.2) is 0 Å². The molecule has 0 aliphatic heterocycles. The molecule has 6 heteroatoms. The molecule has 5 aromatic heterocycles. The van der Waals surface area contributed by atoms with Gasteiger partial charge in [0.2, 0.25) is 0 Å². The van der Waals surface area contributed by atoms with Gasteiger partial charge in [-0.2, -0.15) is 0 Å². The second kappa shape index (κ2) is 9.69. The first-order chi connectivity index (χ1) is 22.3. The molecule has 0 aliphatic rings. The predicted octanol–water partition coefficient (Wildman–Crippen LogP) is 9.62. The van der Waals surface area contributed by atoms with Gasteiger partial charge in [0, 0.05) is 56.5 Å². The van der Waals surface area contributed by atoms with E-state index in [4.69, 9.17) is 9.97 Å². The van der Waals surface area contributed by atoms with E-state index >= 15 is 0 Å². The first-order valence-electron chi connectivity index (χ1n) is 14.9. The molecule has 212 valence electrons. The molecule has 0 amide bonds. The summed E-state index contributed by atoms with van der Waals surface area (Å²) in [6.45, 7) is 6.05. The van der Waals surface area contributed by atoms with Gasteiger partial charge in [0.05, 0.1) is 45.3 Å². The van der Waals surface area contributed by atoms with Crippen molar-refractivity contribution in [2.24, 2.45) is 4.99 Å². The van der Waals surface area contributed by atoms with Gasteiger partial charge in [-0.3, -0.25) is 19.5 Å². The van der Waals surface area contributed by atoms with E-state index in [0.717, 1.165) is 71.9 Å². The molecule has 0 spiro atoms. The molecule has 0 fully saturated rings. The van der Waals surface area contributed by atoms with Crippen LogP contribution in [0.25, 0.3) is 76.8 Å². The van der Waals surface area contributed by atoms with E-state index in [1.165, 1.54) is 16.2 Å². The van der Waals surface area contributed by atoms with Crippen LogP contribution in [0.15, 0.2) is 133 Å². The third kappa shape index (κ3) is 3.45. The summed E-state index contributed by atoms with van der Waals surface area (Å²) in [5, 5.41) is 7.95. The number of hydrogen-bond acceptors (Lipinski definition) is 4. The topological polar surface area (TPSA) is 60.9 Å². The molecule has 0 N–H and O–H groups in total. The van der Waals surface area contributed by atoms with Crippen molar-refractivity contribution in [3.05, 3.63) is 133 Å². The molecule has 9 rings (SSSR count). The summed E-state index contributed by atoms with van der Waals surface area (Å²) >= 11 is 0. The van der Waals surface area contributed by atoms with Gasteiger partial charge in [-0.1, -0.05) is 60.7 Å². The van der Waals surface area contributed by atoms with Crippen LogP contribution in [0.2, 0.25) is 0 Å². The van der Waals surface area contributed by atoms with Gasteiger partial charge < -0.3 is 4.57 Å². The van der Waals surface area contributed by atoms with Crippen molar-refractivity contribution in [2.75, 3.05) is 0 Å². The monoisotopic (exact) mass is 578 g/mol. The van der Waals surface area contributed by atoms with Crippen molar-refractivity contribution in [2.45, 2.75) is 6.92 Å². The molecule has 6 nitrogen and oxygen atoms in total. The molecular formula is C39H26N6. The van der Waals surface area contributed by atoms with Crippen LogP contribution >= 0.6 is 0 Å². The lowest BCUT2D eigenvalue weighted by molar-refractivity contribution is 1.14. The Morgan fingerprint density at radius 2 is 1.47 bits per heavy atom. The summed E-state index contributed by atoms with van der Waals surface area (Å²) in [6, 6.07) is 33.9. The van der Waals surface area contributed by atoms with E-state index in [0.29, 0.717) is 0 Å². The predicted molar refractivity (Wildman–Crippen MR) is 187 cm³/mol. The lowest BCUT2D eigenvalue weighted by atomic mass is 9.99. The second-order valence-corrected chi connectivity index (χ2v) is 11.1. The van der Waals surface area contributed by atoms with Crippen molar-refractivity contribution >= 4 is 83.5 Å². The molecular weight excluding hydrogens is 552 g/mol. The van der Waals surface area contributed by atoms with E-state index in [1.807, 2.05) is 36.8 Å². The molecule has 0 saturated heterocycles. The minimum Gasteiger partial charge on any atom is -0.307 e. The SMILES string of the molecule is C=Nc1c(/C(=C\C)n2c3ncccc3c3c4ccccc4c4c(c5ccccc5n4-c4cccnc4)c32)ccc2cccnc12. The zero-order chi connectivity index (χ0) is 30.1. The van der Waals surface area contributed by atoms with Crippen LogP contribution in [0.5, 0.6) is 0 Å². The van der Waals surface area contributed by atoms with E-state index in [1.54, 1.807) is 6.20 Å². The summed E-state index contributed by atoms with van der Waals surface area (Å²) in [7, 11) is 0. The number of nitrogens with zero attached hydrogens (tertiary/aromatic N) is 6. The molecule has 9 aromatic rings. The summed E-state index contributed by atoms with van der Waals surface area (Å²) in [4.78, 5) is 18.8. The second-order valence-electron chi connectivity index (χ2n) is 11.1. The Bertz CT molecular complexity index is 2680. The number of rotatable bonds is 4. The lowest BCUT2D eigenvalue weighted by Gasteiger charge is -2.17. The summed E-state index contributed by atoms with van der Waals surface area (Å²) in [6.07, 6.45) is 9.58. The molecule has 0 unspecified atom stereocenters. The molecule has 0 atom stereocenters. The Kier molecular flexibility index (Phi) is 5.46. The number of hydrogen-bond donors (Lipinski definition) is 0. The fourth-order valence-electron chi connectivity index (χ4n) is 7.16. The van der Waals surface area contributed by atoms with Crippen molar-refractivity contribution in [3.8, 4) is 5.69 Å². The maximum atomic E-state index is 5.03. The summed E-state index contributed by atoms with van der Waals surface area (Å²) < 4.78 is 4.67. The Balaban J connectivity index is 1.56. The first kappa shape index (κ1) is 25.4. The van der Waals surface area contributed by atoms with E-state index in [9.17, 15) is 0 Å². The fraction of sp³-hybridized carbons (Fsp3) is 0.0256. The molecule has 0 bridgehead atoms. The standard InChI is InChI=1S/C39H26N6/c1-3-31(29-19-18-24-11-8-21-42-35(24)36(29)40-2)45-38-33(30-16-10-22-43-39(30)45)26-13-4-5-14-27(26)37-34(38)28-15-6-7-17-32(28)44(37)25-12-9-20-41-23-25/h3-23H,2H2,1H3/b31-3+. The van der Waals surface area contributed by atoms with Crippen LogP contribution in [-0.4, -0.2) is 30.8 Å². The minimum atomic E-state index is 0.752. The summed E-state index contributed by atoms with van der Waals surface area (Å²) in [5.74, 6) is 0. The van der Waals surface area contributed by atoms with Gasteiger partial charge in [-0.05, 0) is 61.5 Å². The van der Waals surface area contributed by atoms with E-state index in [-0.39, 0.29) is 0 Å². The highest BCUT2D eigenvalue weighted by molar-refractivity contribution is 6.36. The zero-order valence-corrected chi connectivity index (χ0v) is 24.5. The average molecular weight is 579 g/mol. The normalized spacial score (nSPS) is 12.3.